The standard InChI is InChI=1S/C39H45BrClN7O2/c40-30-21-29-12-11-28-22-31(41)13-14-34(28)37(36(29)44-23-30)46-19-20-48(39(50)45-32-9-5-2-6-10-32)35(25-46)38(49)43-17-15-33-24-42-26-47(33)18-16-27-7-3-1-4-8-27/h1,3-4,7-8,13-14,21-24,26,32,35,37H,2,5-6,9-12,15-20,25H2,(H,43,49)(H,45,50)/t35-,37?/m1/s1. The summed E-state index contributed by atoms with van der Waals surface area (Å²) in [5.41, 5.74) is 6.88. The number of amides is 3. The number of hydrogen-bond acceptors (Lipinski definition) is 5. The van der Waals surface area contributed by atoms with Crippen molar-refractivity contribution in [2.24, 2.45) is 0 Å². The molecule has 3 heterocycles. The Labute approximate surface area is 307 Å². The lowest BCUT2D eigenvalue weighted by molar-refractivity contribution is -0.127. The number of piperazine rings is 1. The van der Waals surface area contributed by atoms with Crippen LogP contribution in [0.4, 0.5) is 4.79 Å². The van der Waals surface area contributed by atoms with Gasteiger partial charge >= 0.3 is 6.03 Å². The molecule has 2 aromatic heterocycles. The van der Waals surface area contributed by atoms with Gasteiger partial charge in [0.1, 0.15) is 6.04 Å². The molecule has 2 N–H and O–H groups in total. The third-order valence-corrected chi connectivity index (χ3v) is 11.2. The highest BCUT2D eigenvalue weighted by atomic mass is 79.9. The highest BCUT2D eigenvalue weighted by Crippen LogP contribution is 2.38. The van der Waals surface area contributed by atoms with E-state index in [4.69, 9.17) is 16.6 Å². The molecule has 0 spiro atoms. The number of urea groups is 1. The number of halogens is 2. The lowest BCUT2D eigenvalue weighted by atomic mass is 9.95. The van der Waals surface area contributed by atoms with Gasteiger partial charge in [0.25, 0.3) is 0 Å². The van der Waals surface area contributed by atoms with Crippen LogP contribution in [0.1, 0.15) is 71.8 Å². The van der Waals surface area contributed by atoms with Gasteiger partial charge in [-0.15, -0.1) is 0 Å². The van der Waals surface area contributed by atoms with E-state index in [-0.39, 0.29) is 24.0 Å². The summed E-state index contributed by atoms with van der Waals surface area (Å²) >= 11 is 10.1. The van der Waals surface area contributed by atoms with Crippen LogP contribution in [0.15, 0.2) is 77.8 Å². The number of nitrogens with one attached hydrogen (secondary N) is 2. The summed E-state index contributed by atoms with van der Waals surface area (Å²) in [7, 11) is 0. The van der Waals surface area contributed by atoms with Crippen molar-refractivity contribution in [1.82, 2.24) is 35.0 Å². The average Bonchev–Trinajstić information content (AvgIpc) is 3.52. The fourth-order valence-electron chi connectivity index (χ4n) is 7.88. The highest BCUT2D eigenvalue weighted by Gasteiger charge is 2.40. The molecule has 262 valence electrons. The second-order valence-corrected chi connectivity index (χ2v) is 15.1. The predicted molar refractivity (Wildman–Crippen MR) is 199 cm³/mol. The lowest BCUT2D eigenvalue weighted by Crippen LogP contribution is -2.63. The van der Waals surface area contributed by atoms with E-state index in [0.29, 0.717) is 37.6 Å². The Morgan fingerprint density at radius 3 is 2.60 bits per heavy atom. The third-order valence-electron chi connectivity index (χ3n) is 10.5. The van der Waals surface area contributed by atoms with Gasteiger partial charge in [-0.2, -0.15) is 0 Å². The Balaban J connectivity index is 1.10. The van der Waals surface area contributed by atoms with Gasteiger partial charge in [0.2, 0.25) is 5.91 Å². The lowest BCUT2D eigenvalue weighted by Gasteiger charge is -2.44. The van der Waals surface area contributed by atoms with Crippen LogP contribution in [-0.2, 0) is 37.0 Å². The van der Waals surface area contributed by atoms with Gasteiger partial charge in [0.15, 0.2) is 0 Å². The Bertz CT molecular complexity index is 1740. The second-order valence-electron chi connectivity index (χ2n) is 13.8. The van der Waals surface area contributed by atoms with E-state index in [2.05, 4.69) is 83.5 Å². The van der Waals surface area contributed by atoms with Gasteiger partial charge in [-0.1, -0.05) is 67.3 Å². The van der Waals surface area contributed by atoms with Crippen LogP contribution in [-0.4, -0.2) is 74.5 Å². The molecule has 50 heavy (non-hydrogen) atoms. The first-order valence-corrected chi connectivity index (χ1v) is 19.1. The molecule has 1 saturated heterocycles. The Hall–Kier alpha value is -3.73. The first kappa shape index (κ1) is 34.7. The van der Waals surface area contributed by atoms with Crippen molar-refractivity contribution in [1.29, 1.82) is 0 Å². The summed E-state index contributed by atoms with van der Waals surface area (Å²) in [6, 6.07) is 17.9. The molecule has 4 aromatic rings. The quantitative estimate of drug-likeness (QED) is 0.203. The summed E-state index contributed by atoms with van der Waals surface area (Å²) < 4.78 is 3.10. The average molecular weight is 759 g/mol. The summed E-state index contributed by atoms with van der Waals surface area (Å²) in [5, 5.41) is 7.19. The number of pyridine rings is 1. The van der Waals surface area contributed by atoms with Crippen molar-refractivity contribution in [2.45, 2.75) is 82.5 Å². The van der Waals surface area contributed by atoms with E-state index in [0.717, 1.165) is 72.9 Å². The molecular formula is C39H45BrClN7O2. The van der Waals surface area contributed by atoms with Crippen LogP contribution in [0, 0.1) is 0 Å². The Morgan fingerprint density at radius 1 is 0.940 bits per heavy atom. The van der Waals surface area contributed by atoms with E-state index in [1.54, 1.807) is 4.90 Å². The molecule has 2 aromatic carbocycles. The first-order chi connectivity index (χ1) is 24.4. The maximum atomic E-state index is 14.2. The van der Waals surface area contributed by atoms with Crippen molar-refractivity contribution in [3.8, 4) is 0 Å². The minimum Gasteiger partial charge on any atom is -0.354 e. The molecule has 0 bridgehead atoms. The van der Waals surface area contributed by atoms with Crippen LogP contribution in [0.5, 0.6) is 0 Å². The molecule has 2 aliphatic carbocycles. The smallest absolute Gasteiger partial charge is 0.318 e. The van der Waals surface area contributed by atoms with Gasteiger partial charge in [0, 0.05) is 72.8 Å². The first-order valence-electron chi connectivity index (χ1n) is 18.0. The molecular weight excluding hydrogens is 714 g/mol. The maximum absolute atomic E-state index is 14.2. The van der Waals surface area contributed by atoms with Gasteiger partial charge in [0.05, 0.1) is 18.1 Å². The van der Waals surface area contributed by atoms with Gasteiger partial charge in [-0.25, -0.2) is 9.78 Å². The van der Waals surface area contributed by atoms with E-state index >= 15 is 0 Å². The largest absolute Gasteiger partial charge is 0.354 e. The predicted octanol–water partition coefficient (Wildman–Crippen LogP) is 6.51. The van der Waals surface area contributed by atoms with Crippen LogP contribution in [0.3, 0.4) is 0 Å². The van der Waals surface area contributed by atoms with Crippen LogP contribution in [0.25, 0.3) is 0 Å². The molecule has 2 atom stereocenters. The molecule has 1 unspecified atom stereocenters. The number of benzene rings is 2. The van der Waals surface area contributed by atoms with Gasteiger partial charge < -0.3 is 20.1 Å². The van der Waals surface area contributed by atoms with Crippen molar-refractivity contribution in [3.05, 3.63) is 116 Å². The van der Waals surface area contributed by atoms with E-state index in [1.807, 2.05) is 30.9 Å². The van der Waals surface area contributed by atoms with Crippen LogP contribution in [0.2, 0.25) is 5.02 Å². The Kier molecular flexibility index (Phi) is 11.2. The van der Waals surface area contributed by atoms with Crippen LogP contribution < -0.4 is 10.6 Å². The number of hydrogen-bond donors (Lipinski definition) is 2. The summed E-state index contributed by atoms with van der Waals surface area (Å²) in [5.74, 6) is -0.141. The summed E-state index contributed by atoms with van der Waals surface area (Å²) in [6.45, 7) is 2.72. The fraction of sp³-hybridized carbons (Fsp3) is 0.436. The monoisotopic (exact) mass is 757 g/mol. The molecule has 2 fully saturated rings. The second kappa shape index (κ2) is 16.1. The zero-order valence-electron chi connectivity index (χ0n) is 28.4. The molecule has 3 amide bonds. The zero-order valence-corrected chi connectivity index (χ0v) is 30.7. The molecule has 1 aliphatic heterocycles. The number of aromatic nitrogens is 3. The third kappa shape index (κ3) is 8.08. The van der Waals surface area contributed by atoms with Gasteiger partial charge in [-0.05, 0) is 88.5 Å². The minimum atomic E-state index is -0.659. The van der Waals surface area contributed by atoms with E-state index in [1.165, 1.54) is 23.1 Å². The van der Waals surface area contributed by atoms with Crippen molar-refractivity contribution in [3.63, 3.8) is 0 Å². The van der Waals surface area contributed by atoms with Gasteiger partial charge in [-0.3, -0.25) is 14.7 Å². The van der Waals surface area contributed by atoms with Crippen LogP contribution >= 0.6 is 27.5 Å². The number of nitrogens with zero attached hydrogens (tertiary/aromatic N) is 5. The number of rotatable bonds is 9. The number of carbonyl (C=O) groups is 2. The Morgan fingerprint density at radius 2 is 1.76 bits per heavy atom. The van der Waals surface area contributed by atoms with E-state index in [9.17, 15) is 9.59 Å². The molecule has 3 aliphatic rings. The van der Waals surface area contributed by atoms with E-state index < -0.39 is 6.04 Å². The number of imidazole rings is 1. The SMILES string of the molecule is O=C(NCCc1cncn1CCc1ccccc1)[C@H]1CN(C2c3ccc(Cl)cc3CCc3cc(Br)cnc32)CCN1C(=O)NC1CCCCC1. The minimum absolute atomic E-state index is 0.141. The zero-order chi connectivity index (χ0) is 34.5. The van der Waals surface area contributed by atoms with Crippen molar-refractivity contribution in [2.75, 3.05) is 26.2 Å². The number of fused-ring (bicyclic) bond motifs is 2. The molecule has 0 radical (unpaired) electrons. The van der Waals surface area contributed by atoms with Crippen molar-refractivity contribution >= 4 is 39.5 Å². The normalized spacial score (nSPS) is 19.7. The molecule has 11 heteroatoms. The number of carbonyl (C=O) groups excluding carboxylic acids is 2. The molecule has 1 saturated carbocycles. The number of aryl methyl sites for hydroxylation is 4. The topological polar surface area (TPSA) is 95.4 Å². The summed E-state index contributed by atoms with van der Waals surface area (Å²) in [4.78, 5) is 41.5. The molecule has 9 nitrogen and oxygen atoms in total. The maximum Gasteiger partial charge on any atom is 0.318 e. The fourth-order valence-corrected chi connectivity index (χ4v) is 8.45. The highest BCUT2D eigenvalue weighted by molar-refractivity contribution is 9.10. The van der Waals surface area contributed by atoms with Crippen molar-refractivity contribution < 1.29 is 9.59 Å². The molecule has 7 rings (SSSR count). The summed E-state index contributed by atoms with van der Waals surface area (Å²) in [6.07, 6.45) is 14.3.